The summed E-state index contributed by atoms with van der Waals surface area (Å²) < 4.78 is 28.1. The van der Waals surface area contributed by atoms with Crippen LogP contribution < -0.4 is 14.4 Å². The van der Waals surface area contributed by atoms with Gasteiger partial charge in [0.05, 0.1) is 24.2 Å². The van der Waals surface area contributed by atoms with E-state index in [4.69, 9.17) is 9.47 Å². The Morgan fingerprint density at radius 3 is 2.67 bits per heavy atom. The van der Waals surface area contributed by atoms with Crippen LogP contribution >= 0.6 is 0 Å². The average molecular weight is 609 g/mol. The maximum absolute atomic E-state index is 13.4. The molecule has 2 aromatic rings. The van der Waals surface area contributed by atoms with Gasteiger partial charge in [-0.05, 0) is 86.1 Å². The van der Waals surface area contributed by atoms with Crippen LogP contribution in [0.4, 0.5) is 5.69 Å². The maximum atomic E-state index is 13.4. The van der Waals surface area contributed by atoms with E-state index in [1.54, 1.807) is 13.2 Å². The third-order valence-corrected chi connectivity index (χ3v) is 11.5. The largest absolute Gasteiger partial charge is 0.491 e. The highest BCUT2D eigenvalue weighted by Gasteiger charge is 2.39. The summed E-state index contributed by atoms with van der Waals surface area (Å²) in [6, 6.07) is 12.3. The number of nitrogens with zero attached hydrogens (tertiary/aromatic N) is 1. The van der Waals surface area contributed by atoms with E-state index in [2.05, 4.69) is 48.6 Å². The van der Waals surface area contributed by atoms with Crippen molar-refractivity contribution in [1.29, 1.82) is 0 Å². The molecule has 1 saturated carbocycles. The summed E-state index contributed by atoms with van der Waals surface area (Å²) in [5.74, 6) is 1.45. The zero-order chi connectivity index (χ0) is 30.5. The summed E-state index contributed by atoms with van der Waals surface area (Å²) in [4.78, 5) is 28.2. The highest BCUT2D eigenvalue weighted by Crippen LogP contribution is 2.44. The monoisotopic (exact) mass is 608 g/mol. The van der Waals surface area contributed by atoms with E-state index < -0.39 is 11.0 Å². The Morgan fingerprint density at radius 2 is 1.95 bits per heavy atom. The first kappa shape index (κ1) is 31.7. The first-order chi connectivity index (χ1) is 20.8. The number of amides is 1. The molecule has 8 heteroatoms. The fourth-order valence-electron chi connectivity index (χ4n) is 7.35. The van der Waals surface area contributed by atoms with Gasteiger partial charge in [-0.15, -0.1) is 0 Å². The number of aryl methyl sites for hydroxylation is 2. The summed E-state index contributed by atoms with van der Waals surface area (Å²) in [6.45, 7) is 8.86. The molecule has 7 unspecified atom stereocenters. The molecule has 234 valence electrons. The minimum atomic E-state index is -1.61. The normalized spacial score (nSPS) is 29.8. The van der Waals surface area contributed by atoms with E-state index in [-0.39, 0.29) is 28.9 Å². The number of hydrogen-bond acceptors (Lipinski definition) is 6. The molecule has 1 aliphatic carbocycles. The van der Waals surface area contributed by atoms with Crippen LogP contribution in [0.1, 0.15) is 85.3 Å². The Balaban J connectivity index is 1.52. The molecule has 43 heavy (non-hydrogen) atoms. The van der Waals surface area contributed by atoms with Gasteiger partial charge in [0.2, 0.25) is 0 Å². The molecule has 0 spiro atoms. The van der Waals surface area contributed by atoms with Gasteiger partial charge >= 0.3 is 0 Å². The van der Waals surface area contributed by atoms with E-state index in [1.165, 1.54) is 23.0 Å². The number of fused-ring (bicyclic) bond motifs is 2. The second-order valence-corrected chi connectivity index (χ2v) is 14.4. The molecule has 7 nitrogen and oxygen atoms in total. The molecule has 1 fully saturated rings. The molecular formula is C35H48N2O5S. The van der Waals surface area contributed by atoms with Crippen LogP contribution in [-0.2, 0) is 26.9 Å². The minimum absolute atomic E-state index is 0.0306. The Kier molecular flexibility index (Phi) is 10.6. The van der Waals surface area contributed by atoms with Crippen LogP contribution in [0, 0.1) is 30.6 Å². The predicted molar refractivity (Wildman–Crippen MR) is 172 cm³/mol. The number of carbonyl (C=O) groups excluding carboxylic acids is 2. The average Bonchev–Trinajstić information content (AvgIpc) is 3.16. The number of hydrogen-bond donors (Lipinski definition) is 1. The smallest absolute Gasteiger partial charge is 0.263 e. The number of anilines is 1. The minimum Gasteiger partial charge on any atom is -0.491 e. The number of ether oxygens (including phenoxy) is 2. The highest BCUT2D eigenvalue weighted by atomic mass is 32.2. The van der Waals surface area contributed by atoms with E-state index in [0.717, 1.165) is 69.5 Å². The number of benzene rings is 2. The van der Waals surface area contributed by atoms with Crippen molar-refractivity contribution in [3.8, 4) is 5.75 Å². The molecule has 2 aromatic carbocycles. The number of aldehydes is 1. The standard InChI is InChI=1S/C35H48N2O5S/c1-5-7-25-16-23(2)10-13-30(25)29-19-37-18-27-11-14-31(27)28(20-38)9-6-8-24(3)34(22-41-4)43(40)36-35(39)26-12-15-33(42-21-29)32(37)17-26/h10,12-13,15-17,20,24,27-29,31,34H,5-9,11,14,18-19,21-22H2,1-4H3,(H,36,39). The number of nitrogens with one attached hydrogen (secondary N) is 1. The summed E-state index contributed by atoms with van der Waals surface area (Å²) in [6.07, 6.45) is 8.01. The van der Waals surface area contributed by atoms with Crippen molar-refractivity contribution < 1.29 is 23.3 Å². The van der Waals surface area contributed by atoms with Crippen LogP contribution in [-0.4, -0.2) is 55.1 Å². The van der Waals surface area contributed by atoms with Gasteiger partial charge in [-0.2, -0.15) is 0 Å². The lowest BCUT2D eigenvalue weighted by atomic mass is 9.66. The molecule has 0 saturated heterocycles. The van der Waals surface area contributed by atoms with Crippen molar-refractivity contribution >= 4 is 28.9 Å². The maximum Gasteiger partial charge on any atom is 0.263 e. The van der Waals surface area contributed by atoms with Crippen molar-refractivity contribution in [1.82, 2.24) is 4.72 Å². The molecule has 2 aliphatic heterocycles. The molecule has 5 rings (SSSR count). The van der Waals surface area contributed by atoms with E-state index >= 15 is 0 Å². The van der Waals surface area contributed by atoms with Gasteiger partial charge in [-0.25, -0.2) is 4.21 Å². The van der Waals surface area contributed by atoms with Crippen molar-refractivity contribution in [2.75, 3.05) is 38.3 Å². The third-order valence-electron chi connectivity index (χ3n) is 9.99. The van der Waals surface area contributed by atoms with Crippen LogP contribution in [0.25, 0.3) is 0 Å². The van der Waals surface area contributed by atoms with Gasteiger partial charge in [-0.3, -0.25) is 9.52 Å². The zero-order valence-corrected chi connectivity index (χ0v) is 27.0. The SMILES string of the molecule is CCCc1cc(C)ccc1C1COc2ccc3cc2N(C1)CC1CCC1C(C=O)CCCC(C)C(COC)S(=O)NC3=O. The number of methoxy groups -OCH3 is 1. The molecule has 0 radical (unpaired) electrons. The third kappa shape index (κ3) is 7.17. The van der Waals surface area contributed by atoms with Crippen molar-refractivity contribution in [2.24, 2.45) is 23.7 Å². The molecule has 3 aliphatic rings. The van der Waals surface area contributed by atoms with Crippen molar-refractivity contribution in [3.63, 3.8) is 0 Å². The van der Waals surface area contributed by atoms with Crippen LogP contribution in [0.3, 0.4) is 0 Å². The lowest BCUT2D eigenvalue weighted by Gasteiger charge is -2.43. The van der Waals surface area contributed by atoms with E-state index in [1.807, 2.05) is 12.1 Å². The van der Waals surface area contributed by atoms with Gasteiger partial charge in [0.15, 0.2) is 0 Å². The van der Waals surface area contributed by atoms with Crippen LogP contribution in [0.5, 0.6) is 5.75 Å². The number of rotatable bonds is 6. The van der Waals surface area contributed by atoms with Crippen LogP contribution in [0.15, 0.2) is 36.4 Å². The molecule has 7 atom stereocenters. The zero-order valence-electron chi connectivity index (χ0n) is 26.2. The van der Waals surface area contributed by atoms with Gasteiger partial charge in [0, 0.05) is 37.6 Å². The van der Waals surface area contributed by atoms with Gasteiger partial charge in [0.1, 0.15) is 23.0 Å². The number of carbonyl (C=O) groups is 2. The summed E-state index contributed by atoms with van der Waals surface area (Å²) in [7, 11) is -0.0167. The van der Waals surface area contributed by atoms with Crippen molar-refractivity contribution in [3.05, 3.63) is 58.7 Å². The van der Waals surface area contributed by atoms with E-state index in [0.29, 0.717) is 30.6 Å². The van der Waals surface area contributed by atoms with Crippen LogP contribution in [0.2, 0.25) is 0 Å². The second kappa shape index (κ2) is 14.4. The lowest BCUT2D eigenvalue weighted by molar-refractivity contribution is -0.115. The first-order valence-electron chi connectivity index (χ1n) is 16.1. The Hall–Kier alpha value is -2.71. The quantitative estimate of drug-likeness (QED) is 0.405. The Labute approximate surface area is 259 Å². The molecule has 2 heterocycles. The predicted octanol–water partition coefficient (Wildman–Crippen LogP) is 6.00. The summed E-state index contributed by atoms with van der Waals surface area (Å²) in [5.41, 5.74) is 5.33. The topological polar surface area (TPSA) is 84.9 Å². The van der Waals surface area contributed by atoms with Crippen molar-refractivity contribution in [2.45, 2.75) is 76.9 Å². The molecule has 1 amide bonds. The Bertz CT molecular complexity index is 1320. The Morgan fingerprint density at radius 1 is 1.12 bits per heavy atom. The molecule has 0 aromatic heterocycles. The van der Waals surface area contributed by atoms with Gasteiger partial charge < -0.3 is 19.2 Å². The van der Waals surface area contributed by atoms with E-state index in [9.17, 15) is 13.8 Å². The fraction of sp³-hybridized carbons (Fsp3) is 0.600. The second-order valence-electron chi connectivity index (χ2n) is 13.0. The molecule has 2 bridgehead atoms. The lowest BCUT2D eigenvalue weighted by Crippen LogP contribution is -2.43. The molecule has 1 N–H and O–H groups in total. The highest BCUT2D eigenvalue weighted by molar-refractivity contribution is 7.84. The fourth-order valence-corrected chi connectivity index (χ4v) is 8.62. The molecular weight excluding hydrogens is 560 g/mol. The van der Waals surface area contributed by atoms with Gasteiger partial charge in [-0.1, -0.05) is 50.5 Å². The van der Waals surface area contributed by atoms with Gasteiger partial charge in [0.25, 0.3) is 5.91 Å². The summed E-state index contributed by atoms with van der Waals surface area (Å²) >= 11 is 0. The summed E-state index contributed by atoms with van der Waals surface area (Å²) in [5, 5.41) is -0.332. The first-order valence-corrected chi connectivity index (χ1v) is 17.3.